The van der Waals surface area contributed by atoms with Gasteiger partial charge >= 0.3 is 5.69 Å². The highest BCUT2D eigenvalue weighted by atomic mass is 28.4. The number of aliphatic hydroxyl groups excluding tert-OH is 1. The van der Waals surface area contributed by atoms with Crippen LogP contribution in [0.1, 0.15) is 33.9 Å². The van der Waals surface area contributed by atoms with Crippen LogP contribution < -0.4 is 26.9 Å². The molecule has 214 valence electrons. The van der Waals surface area contributed by atoms with Gasteiger partial charge in [-0.1, -0.05) is 81.4 Å². The van der Waals surface area contributed by atoms with Gasteiger partial charge in [-0.3, -0.25) is 19.1 Å². The van der Waals surface area contributed by atoms with Crippen molar-refractivity contribution in [3.8, 4) is 0 Å². The van der Waals surface area contributed by atoms with Crippen molar-refractivity contribution in [3.63, 3.8) is 0 Å². The highest BCUT2D eigenvalue weighted by Gasteiger charge is 2.53. The van der Waals surface area contributed by atoms with Crippen LogP contribution in [0.5, 0.6) is 0 Å². The number of hydrogen-bond acceptors (Lipinski definition) is 7. The Morgan fingerprint density at radius 3 is 2.15 bits per heavy atom. The zero-order valence-corrected chi connectivity index (χ0v) is 24.4. The molecule has 2 heterocycles. The number of likely N-dealkylation sites (N-methyl/N-ethyl adjacent to an activating group) is 1. The van der Waals surface area contributed by atoms with E-state index in [2.05, 4.69) is 55.3 Å². The molecule has 11 heteroatoms. The zero-order chi connectivity index (χ0) is 29.1. The number of nitrogens with zero attached hydrogens (tertiary/aromatic N) is 1. The van der Waals surface area contributed by atoms with Gasteiger partial charge in [0.25, 0.3) is 13.9 Å². The molecule has 1 aliphatic heterocycles. The zero-order valence-electron chi connectivity index (χ0n) is 23.4. The average Bonchev–Trinajstić information content (AvgIpc) is 3.23. The van der Waals surface area contributed by atoms with Crippen LogP contribution in [0.25, 0.3) is 0 Å². The Morgan fingerprint density at radius 2 is 1.65 bits per heavy atom. The number of nitrogens with one attached hydrogen (secondary N) is 2. The van der Waals surface area contributed by atoms with Gasteiger partial charge in [0, 0.05) is 19.3 Å². The standard InChI is InChI=1S/C29H37N3O7Si/c1-19(26(35)30-5)38-25-24(34)22(39-27(25)32-17-16-23(33)31-28(32)36)18-37-40(29(2,3)4,20-12-8-6-9-13-20)21-14-10-7-11-15-21/h6-17,19,22,24-25,27,34H,18H2,1-5H3,(H,30,35)(H,31,33,36)/t19?,22-,24?,25+,27-/m1/s1. The summed E-state index contributed by atoms with van der Waals surface area (Å²) in [4.78, 5) is 38.8. The van der Waals surface area contributed by atoms with E-state index in [1.807, 2.05) is 36.4 Å². The number of aliphatic hydroxyl groups is 1. The summed E-state index contributed by atoms with van der Waals surface area (Å²) in [6.07, 6.45) is -4.00. The van der Waals surface area contributed by atoms with E-state index in [4.69, 9.17) is 13.9 Å². The van der Waals surface area contributed by atoms with Gasteiger partial charge in [0.2, 0.25) is 5.91 Å². The van der Waals surface area contributed by atoms with E-state index < -0.39 is 56.1 Å². The summed E-state index contributed by atoms with van der Waals surface area (Å²) in [5.41, 5.74) is -1.29. The Balaban J connectivity index is 1.72. The van der Waals surface area contributed by atoms with Crippen molar-refractivity contribution in [1.82, 2.24) is 14.9 Å². The Labute approximate surface area is 234 Å². The molecule has 1 aliphatic rings. The predicted molar refractivity (Wildman–Crippen MR) is 153 cm³/mol. The first kappa shape index (κ1) is 29.6. The molecule has 1 amide bonds. The minimum atomic E-state index is -2.96. The van der Waals surface area contributed by atoms with Gasteiger partial charge in [-0.05, 0) is 22.3 Å². The van der Waals surface area contributed by atoms with Gasteiger partial charge in [0.1, 0.15) is 24.4 Å². The van der Waals surface area contributed by atoms with Gasteiger partial charge in [0.05, 0.1) is 6.61 Å². The minimum absolute atomic E-state index is 0.00271. The topological polar surface area (TPSA) is 132 Å². The van der Waals surface area contributed by atoms with Gasteiger partial charge in [-0.25, -0.2) is 4.79 Å². The Morgan fingerprint density at radius 1 is 1.07 bits per heavy atom. The number of amides is 1. The van der Waals surface area contributed by atoms with Gasteiger partial charge in [-0.15, -0.1) is 0 Å². The molecule has 3 aromatic rings. The van der Waals surface area contributed by atoms with Crippen molar-refractivity contribution in [2.24, 2.45) is 0 Å². The molecule has 4 rings (SSSR count). The van der Waals surface area contributed by atoms with Gasteiger partial charge < -0.3 is 24.3 Å². The Hall–Kier alpha value is -3.35. The minimum Gasteiger partial charge on any atom is -0.405 e. The van der Waals surface area contributed by atoms with Crippen LogP contribution >= 0.6 is 0 Å². The lowest BCUT2D eigenvalue weighted by atomic mass is 10.1. The second kappa shape index (κ2) is 12.0. The molecule has 2 aromatic carbocycles. The third kappa shape index (κ3) is 5.74. The number of ether oxygens (including phenoxy) is 2. The Kier molecular flexibility index (Phi) is 8.91. The van der Waals surface area contributed by atoms with Crippen LogP contribution in [-0.4, -0.2) is 67.0 Å². The maximum atomic E-state index is 12.7. The number of hydrogen-bond donors (Lipinski definition) is 3. The first-order valence-electron chi connectivity index (χ1n) is 13.3. The molecule has 10 nitrogen and oxygen atoms in total. The van der Waals surface area contributed by atoms with Crippen LogP contribution in [0.15, 0.2) is 82.5 Å². The van der Waals surface area contributed by atoms with Crippen LogP contribution in [0.2, 0.25) is 5.04 Å². The lowest BCUT2D eigenvalue weighted by Gasteiger charge is -2.43. The fourth-order valence-corrected chi connectivity index (χ4v) is 9.89. The van der Waals surface area contributed by atoms with Crippen molar-refractivity contribution in [1.29, 1.82) is 0 Å². The summed E-state index contributed by atoms with van der Waals surface area (Å²) in [6, 6.07) is 21.3. The molecule has 0 spiro atoms. The summed E-state index contributed by atoms with van der Waals surface area (Å²) >= 11 is 0. The van der Waals surface area contributed by atoms with Crippen LogP contribution in [0.4, 0.5) is 0 Å². The molecule has 5 atom stereocenters. The molecule has 1 aromatic heterocycles. The second-order valence-corrected chi connectivity index (χ2v) is 15.2. The molecule has 0 saturated carbocycles. The number of H-pyrrole nitrogens is 1. The summed E-state index contributed by atoms with van der Waals surface area (Å²) in [7, 11) is -1.48. The number of benzene rings is 2. The summed E-state index contributed by atoms with van der Waals surface area (Å²) < 4.78 is 20.3. The van der Waals surface area contributed by atoms with Crippen LogP contribution in [-0.2, 0) is 18.7 Å². The SMILES string of the molecule is CNC(=O)C(C)O[C@H]1C(O)[C@@H](CO[Si](c2ccccc2)(c2ccccc2)C(C)(C)C)O[C@H]1n1ccc(=O)[nH]c1=O. The van der Waals surface area contributed by atoms with Gasteiger partial charge in [-0.2, -0.15) is 0 Å². The lowest BCUT2D eigenvalue weighted by Crippen LogP contribution is -2.67. The number of aromatic nitrogens is 2. The van der Waals surface area contributed by atoms with E-state index in [0.717, 1.165) is 14.9 Å². The van der Waals surface area contributed by atoms with Crippen molar-refractivity contribution in [3.05, 3.63) is 93.8 Å². The monoisotopic (exact) mass is 567 g/mol. The third-order valence-electron chi connectivity index (χ3n) is 7.30. The highest BCUT2D eigenvalue weighted by Crippen LogP contribution is 2.38. The van der Waals surface area contributed by atoms with Crippen molar-refractivity contribution in [2.75, 3.05) is 13.7 Å². The fraction of sp³-hybridized carbons (Fsp3) is 0.414. The summed E-state index contributed by atoms with van der Waals surface area (Å²) in [5.74, 6) is -0.397. The number of aromatic amines is 1. The molecule has 2 unspecified atom stereocenters. The number of carbonyl (C=O) groups is 1. The van der Waals surface area contributed by atoms with Gasteiger partial charge in [0.15, 0.2) is 6.23 Å². The highest BCUT2D eigenvalue weighted by molar-refractivity contribution is 6.99. The molecule has 40 heavy (non-hydrogen) atoms. The fourth-order valence-electron chi connectivity index (χ4n) is 5.32. The summed E-state index contributed by atoms with van der Waals surface area (Å²) in [6.45, 7) is 7.97. The van der Waals surface area contributed by atoms with Crippen molar-refractivity contribution in [2.45, 2.75) is 63.4 Å². The maximum Gasteiger partial charge on any atom is 0.330 e. The van der Waals surface area contributed by atoms with Crippen LogP contribution in [0, 0.1) is 0 Å². The normalized spacial score (nSPS) is 22.1. The number of carbonyl (C=O) groups excluding carboxylic acids is 1. The first-order chi connectivity index (χ1) is 19.0. The molecule has 3 N–H and O–H groups in total. The van der Waals surface area contributed by atoms with E-state index in [1.165, 1.54) is 19.3 Å². The average molecular weight is 568 g/mol. The molecule has 1 fully saturated rings. The van der Waals surface area contributed by atoms with E-state index in [1.54, 1.807) is 6.92 Å². The predicted octanol–water partition coefficient (Wildman–Crippen LogP) is 0.891. The lowest BCUT2D eigenvalue weighted by molar-refractivity contribution is -0.144. The molecule has 0 bridgehead atoms. The quantitative estimate of drug-likeness (QED) is 0.327. The third-order valence-corrected chi connectivity index (χ3v) is 12.3. The van der Waals surface area contributed by atoms with E-state index in [-0.39, 0.29) is 11.6 Å². The number of rotatable bonds is 9. The molecular formula is C29H37N3O7Si. The second-order valence-electron chi connectivity index (χ2n) is 10.9. The largest absolute Gasteiger partial charge is 0.405 e. The molecule has 0 aliphatic carbocycles. The van der Waals surface area contributed by atoms with E-state index in [9.17, 15) is 19.5 Å². The maximum absolute atomic E-state index is 12.7. The molecule has 1 saturated heterocycles. The van der Waals surface area contributed by atoms with Crippen molar-refractivity contribution < 1.29 is 23.8 Å². The van der Waals surface area contributed by atoms with Crippen molar-refractivity contribution >= 4 is 24.6 Å². The van der Waals surface area contributed by atoms with E-state index in [0.29, 0.717) is 0 Å². The molecular weight excluding hydrogens is 530 g/mol. The summed E-state index contributed by atoms with van der Waals surface area (Å²) in [5, 5.41) is 15.8. The molecule has 0 radical (unpaired) electrons. The first-order valence-corrected chi connectivity index (χ1v) is 15.2. The van der Waals surface area contributed by atoms with Crippen LogP contribution in [0.3, 0.4) is 0 Å². The van der Waals surface area contributed by atoms with E-state index >= 15 is 0 Å². The smallest absolute Gasteiger partial charge is 0.330 e. The Bertz CT molecular complexity index is 1370.